The first-order valence-corrected chi connectivity index (χ1v) is 7.35. The summed E-state index contributed by atoms with van der Waals surface area (Å²) in [6.45, 7) is 0. The molecule has 0 aliphatic heterocycles. The second kappa shape index (κ2) is 6.88. The Morgan fingerprint density at radius 1 is 0.571 bits per heavy atom. The molecule has 8 N–H and O–H groups in total. The summed E-state index contributed by atoms with van der Waals surface area (Å²) in [6, 6.07) is 11.7. The van der Waals surface area contributed by atoms with Crippen LogP contribution in [0.3, 0.4) is 0 Å². The lowest BCUT2D eigenvalue weighted by Crippen LogP contribution is -2.01. The van der Waals surface area contributed by atoms with Crippen molar-refractivity contribution in [1.29, 1.82) is 0 Å². The van der Waals surface area contributed by atoms with Gasteiger partial charge in [0.2, 0.25) is 0 Å². The minimum Gasteiger partial charge on any atom is -0.397 e. The Morgan fingerprint density at radius 3 is 1.43 bits per heavy atom. The average molecular weight is 284 g/mol. The Balaban J connectivity index is 1.78. The molecule has 0 unspecified atom stereocenters. The van der Waals surface area contributed by atoms with Gasteiger partial charge >= 0.3 is 0 Å². The Bertz CT molecular complexity index is 554. The number of benzene rings is 2. The van der Waals surface area contributed by atoms with E-state index < -0.39 is 0 Å². The van der Waals surface area contributed by atoms with Crippen molar-refractivity contribution in [1.82, 2.24) is 0 Å². The molecule has 21 heavy (non-hydrogen) atoms. The fraction of sp³-hybridized carbons (Fsp3) is 0.294. The van der Waals surface area contributed by atoms with Crippen molar-refractivity contribution in [3.8, 4) is 0 Å². The van der Waals surface area contributed by atoms with Crippen LogP contribution in [0.5, 0.6) is 0 Å². The molecule has 112 valence electrons. The quantitative estimate of drug-likeness (QED) is 0.483. The molecule has 0 radical (unpaired) electrons. The molecule has 0 bridgehead atoms. The molecule has 0 saturated heterocycles. The third-order valence-electron chi connectivity index (χ3n) is 3.85. The normalized spacial score (nSPS) is 10.7. The SMILES string of the molecule is Nc1cccc(CCCCCc2cccc(N)c2N)c1N. The van der Waals surface area contributed by atoms with Crippen molar-refractivity contribution in [2.45, 2.75) is 32.1 Å². The van der Waals surface area contributed by atoms with Gasteiger partial charge in [-0.15, -0.1) is 0 Å². The summed E-state index contributed by atoms with van der Waals surface area (Å²) < 4.78 is 0. The number of nitrogen functional groups attached to an aromatic ring is 4. The van der Waals surface area contributed by atoms with E-state index in [1.165, 1.54) is 0 Å². The van der Waals surface area contributed by atoms with Crippen LogP contribution in [0.2, 0.25) is 0 Å². The largest absolute Gasteiger partial charge is 0.397 e. The zero-order valence-electron chi connectivity index (χ0n) is 12.3. The summed E-state index contributed by atoms with van der Waals surface area (Å²) in [5.41, 5.74) is 28.6. The van der Waals surface area contributed by atoms with Crippen LogP contribution >= 0.6 is 0 Å². The Morgan fingerprint density at radius 2 is 1.00 bits per heavy atom. The van der Waals surface area contributed by atoms with Crippen LogP contribution in [0, 0.1) is 0 Å². The molecular formula is C17H24N4. The molecule has 2 rings (SSSR count). The average Bonchev–Trinajstić information content (AvgIpc) is 2.47. The van der Waals surface area contributed by atoms with Crippen molar-refractivity contribution in [2.24, 2.45) is 0 Å². The highest BCUT2D eigenvalue weighted by atomic mass is 14.7. The van der Waals surface area contributed by atoms with Crippen LogP contribution in [0.1, 0.15) is 30.4 Å². The van der Waals surface area contributed by atoms with Crippen molar-refractivity contribution < 1.29 is 0 Å². The highest BCUT2D eigenvalue weighted by Crippen LogP contribution is 2.23. The summed E-state index contributed by atoms with van der Waals surface area (Å²) in [5.74, 6) is 0. The second-order valence-corrected chi connectivity index (χ2v) is 5.40. The van der Waals surface area contributed by atoms with Crippen LogP contribution in [0.15, 0.2) is 36.4 Å². The zero-order valence-corrected chi connectivity index (χ0v) is 12.3. The third kappa shape index (κ3) is 3.81. The number of rotatable bonds is 6. The van der Waals surface area contributed by atoms with Crippen LogP contribution in [-0.2, 0) is 12.8 Å². The molecule has 2 aromatic rings. The first-order chi connectivity index (χ1) is 10.1. The van der Waals surface area contributed by atoms with Crippen LogP contribution < -0.4 is 22.9 Å². The predicted molar refractivity (Wildman–Crippen MR) is 91.8 cm³/mol. The molecule has 0 aromatic heterocycles. The Kier molecular flexibility index (Phi) is 4.93. The van der Waals surface area contributed by atoms with Crippen LogP contribution in [-0.4, -0.2) is 0 Å². The summed E-state index contributed by atoms with van der Waals surface area (Å²) >= 11 is 0. The molecule has 0 spiro atoms. The lowest BCUT2D eigenvalue weighted by Gasteiger charge is -2.09. The van der Waals surface area contributed by atoms with Gasteiger partial charge in [-0.2, -0.15) is 0 Å². The summed E-state index contributed by atoms with van der Waals surface area (Å²) in [4.78, 5) is 0. The van der Waals surface area contributed by atoms with Crippen LogP contribution in [0.25, 0.3) is 0 Å². The number of para-hydroxylation sites is 2. The number of unbranched alkanes of at least 4 members (excludes halogenated alkanes) is 2. The minimum absolute atomic E-state index is 0.667. The van der Waals surface area contributed by atoms with E-state index in [-0.39, 0.29) is 0 Å². The number of aryl methyl sites for hydroxylation is 2. The summed E-state index contributed by atoms with van der Waals surface area (Å²) in [5, 5.41) is 0. The molecule has 0 atom stereocenters. The van der Waals surface area contributed by atoms with E-state index in [0.717, 1.165) is 54.6 Å². The van der Waals surface area contributed by atoms with E-state index in [9.17, 15) is 0 Å². The van der Waals surface area contributed by atoms with Gasteiger partial charge in [0.25, 0.3) is 0 Å². The van der Waals surface area contributed by atoms with Gasteiger partial charge < -0.3 is 22.9 Å². The maximum Gasteiger partial charge on any atom is 0.0580 e. The van der Waals surface area contributed by atoms with E-state index in [1.807, 2.05) is 36.4 Å². The van der Waals surface area contributed by atoms with Gasteiger partial charge in [-0.05, 0) is 48.9 Å². The molecule has 0 saturated carbocycles. The summed E-state index contributed by atoms with van der Waals surface area (Å²) in [7, 11) is 0. The monoisotopic (exact) mass is 284 g/mol. The number of anilines is 4. The van der Waals surface area contributed by atoms with Gasteiger partial charge in [-0.3, -0.25) is 0 Å². The van der Waals surface area contributed by atoms with Gasteiger partial charge in [0.05, 0.1) is 22.7 Å². The van der Waals surface area contributed by atoms with Crippen molar-refractivity contribution in [2.75, 3.05) is 22.9 Å². The van der Waals surface area contributed by atoms with Crippen molar-refractivity contribution in [3.05, 3.63) is 47.5 Å². The molecule has 4 heteroatoms. The molecule has 0 fully saturated rings. The maximum atomic E-state index is 5.97. The minimum atomic E-state index is 0.667. The second-order valence-electron chi connectivity index (χ2n) is 5.40. The molecule has 0 aliphatic carbocycles. The lowest BCUT2D eigenvalue weighted by molar-refractivity contribution is 0.680. The molecule has 0 heterocycles. The lowest BCUT2D eigenvalue weighted by atomic mass is 10.0. The van der Waals surface area contributed by atoms with Crippen molar-refractivity contribution in [3.63, 3.8) is 0 Å². The summed E-state index contributed by atoms with van der Waals surface area (Å²) in [6.07, 6.45) is 5.24. The molecule has 0 amide bonds. The number of hydrogen-bond donors (Lipinski definition) is 4. The smallest absolute Gasteiger partial charge is 0.0580 e. The Hall–Kier alpha value is -2.36. The first kappa shape index (κ1) is 15.0. The highest BCUT2D eigenvalue weighted by Gasteiger charge is 2.04. The van der Waals surface area contributed by atoms with Crippen LogP contribution in [0.4, 0.5) is 22.7 Å². The standard InChI is InChI=1S/C17H24N4/c18-14-10-4-8-12(16(14)20)6-2-1-3-7-13-9-5-11-15(19)17(13)21/h4-5,8-11H,1-3,6-7,18-21H2. The van der Waals surface area contributed by atoms with E-state index in [0.29, 0.717) is 11.4 Å². The van der Waals surface area contributed by atoms with Crippen molar-refractivity contribution >= 4 is 22.7 Å². The topological polar surface area (TPSA) is 104 Å². The molecular weight excluding hydrogens is 260 g/mol. The molecule has 4 nitrogen and oxygen atoms in total. The first-order valence-electron chi connectivity index (χ1n) is 7.35. The van der Waals surface area contributed by atoms with Gasteiger partial charge in [-0.1, -0.05) is 30.7 Å². The van der Waals surface area contributed by atoms with E-state index in [2.05, 4.69) is 0 Å². The number of nitrogens with two attached hydrogens (primary N) is 4. The number of hydrogen-bond acceptors (Lipinski definition) is 4. The van der Waals surface area contributed by atoms with E-state index in [4.69, 9.17) is 22.9 Å². The predicted octanol–water partition coefficient (Wildman–Crippen LogP) is 2.97. The molecule has 2 aromatic carbocycles. The Labute approximate surface area is 126 Å². The van der Waals surface area contributed by atoms with Gasteiger partial charge in [0.15, 0.2) is 0 Å². The zero-order chi connectivity index (χ0) is 15.2. The third-order valence-corrected chi connectivity index (χ3v) is 3.85. The van der Waals surface area contributed by atoms with E-state index in [1.54, 1.807) is 0 Å². The fourth-order valence-corrected chi connectivity index (χ4v) is 2.51. The van der Waals surface area contributed by atoms with Gasteiger partial charge in [0.1, 0.15) is 0 Å². The fourth-order valence-electron chi connectivity index (χ4n) is 2.51. The molecule has 0 aliphatic rings. The van der Waals surface area contributed by atoms with E-state index >= 15 is 0 Å². The highest BCUT2D eigenvalue weighted by molar-refractivity contribution is 5.67. The van der Waals surface area contributed by atoms with Gasteiger partial charge in [0, 0.05) is 0 Å². The van der Waals surface area contributed by atoms with Gasteiger partial charge in [-0.25, -0.2) is 0 Å². The maximum absolute atomic E-state index is 5.97.